The van der Waals surface area contributed by atoms with E-state index in [1.54, 1.807) is 12.1 Å². The van der Waals surface area contributed by atoms with Crippen molar-refractivity contribution in [2.24, 2.45) is 0 Å². The molecule has 0 saturated carbocycles. The standard InChI is InChI=1S/C15H19BrN2O3/c1-10-5-3-2-4-8-18(10)15(21)17-11-6-7-13(16)12(9-11)14(19)20/h6-7,9-10H,2-5,8H2,1H3,(H,17,21)(H,19,20). The van der Waals surface area contributed by atoms with E-state index in [4.69, 9.17) is 5.11 Å². The summed E-state index contributed by atoms with van der Waals surface area (Å²) in [6, 6.07) is 4.83. The normalized spacial score (nSPS) is 19.0. The molecule has 1 heterocycles. The maximum Gasteiger partial charge on any atom is 0.336 e. The van der Waals surface area contributed by atoms with Crippen molar-refractivity contribution in [1.29, 1.82) is 0 Å². The first kappa shape index (κ1) is 15.8. The van der Waals surface area contributed by atoms with Gasteiger partial charge in [0.05, 0.1) is 5.56 Å². The Morgan fingerprint density at radius 2 is 2.10 bits per heavy atom. The number of benzene rings is 1. The zero-order valence-corrected chi connectivity index (χ0v) is 13.5. The number of anilines is 1. The molecule has 6 heteroatoms. The quantitative estimate of drug-likeness (QED) is 0.844. The van der Waals surface area contributed by atoms with E-state index in [0.717, 1.165) is 32.2 Å². The lowest BCUT2D eigenvalue weighted by Crippen LogP contribution is -2.41. The molecule has 5 nitrogen and oxygen atoms in total. The van der Waals surface area contributed by atoms with Crippen molar-refractivity contribution in [3.8, 4) is 0 Å². The van der Waals surface area contributed by atoms with Crippen LogP contribution >= 0.6 is 15.9 Å². The molecule has 21 heavy (non-hydrogen) atoms. The summed E-state index contributed by atoms with van der Waals surface area (Å²) in [5.41, 5.74) is 0.633. The van der Waals surface area contributed by atoms with Gasteiger partial charge in [0.25, 0.3) is 0 Å². The highest BCUT2D eigenvalue weighted by Gasteiger charge is 2.22. The van der Waals surface area contributed by atoms with Crippen LogP contribution in [0.3, 0.4) is 0 Å². The summed E-state index contributed by atoms with van der Waals surface area (Å²) in [6.45, 7) is 2.80. The third kappa shape index (κ3) is 3.97. The minimum absolute atomic E-state index is 0.136. The number of likely N-dealkylation sites (tertiary alicyclic amines) is 1. The van der Waals surface area contributed by atoms with Gasteiger partial charge in [-0.3, -0.25) is 0 Å². The van der Waals surface area contributed by atoms with Crippen LogP contribution in [0.2, 0.25) is 0 Å². The molecule has 114 valence electrons. The number of amides is 2. The number of halogens is 1. The lowest BCUT2D eigenvalue weighted by atomic mass is 10.1. The maximum absolute atomic E-state index is 12.4. The zero-order chi connectivity index (χ0) is 15.4. The van der Waals surface area contributed by atoms with E-state index in [-0.39, 0.29) is 17.6 Å². The molecule has 0 bridgehead atoms. The number of aromatic carboxylic acids is 1. The third-order valence-electron chi connectivity index (χ3n) is 3.76. The summed E-state index contributed by atoms with van der Waals surface area (Å²) < 4.78 is 0.496. The smallest absolute Gasteiger partial charge is 0.336 e. The summed E-state index contributed by atoms with van der Waals surface area (Å²) >= 11 is 3.19. The minimum atomic E-state index is -1.03. The van der Waals surface area contributed by atoms with Crippen molar-refractivity contribution in [2.75, 3.05) is 11.9 Å². The van der Waals surface area contributed by atoms with Crippen LogP contribution in [0.4, 0.5) is 10.5 Å². The van der Waals surface area contributed by atoms with Crippen LogP contribution in [0.25, 0.3) is 0 Å². The van der Waals surface area contributed by atoms with Gasteiger partial charge in [-0.05, 0) is 53.9 Å². The van der Waals surface area contributed by atoms with E-state index in [2.05, 4.69) is 28.2 Å². The lowest BCUT2D eigenvalue weighted by molar-refractivity contribution is 0.0696. The van der Waals surface area contributed by atoms with Crippen LogP contribution in [-0.4, -0.2) is 34.6 Å². The van der Waals surface area contributed by atoms with Crippen molar-refractivity contribution in [1.82, 2.24) is 4.90 Å². The maximum atomic E-state index is 12.4. The molecule has 0 spiro atoms. The predicted molar refractivity (Wildman–Crippen MR) is 84.8 cm³/mol. The van der Waals surface area contributed by atoms with Gasteiger partial charge in [0.2, 0.25) is 0 Å². The summed E-state index contributed by atoms with van der Waals surface area (Å²) in [4.78, 5) is 25.3. The van der Waals surface area contributed by atoms with Crippen LogP contribution in [0.5, 0.6) is 0 Å². The van der Waals surface area contributed by atoms with E-state index in [1.807, 2.05) is 4.90 Å². The number of carboxylic acid groups (broad SMARTS) is 1. The molecule has 0 aromatic heterocycles. The first-order valence-electron chi connectivity index (χ1n) is 7.09. The highest BCUT2D eigenvalue weighted by molar-refractivity contribution is 9.10. The van der Waals surface area contributed by atoms with Gasteiger partial charge >= 0.3 is 12.0 Å². The van der Waals surface area contributed by atoms with Gasteiger partial charge in [-0.2, -0.15) is 0 Å². The molecule has 1 fully saturated rings. The van der Waals surface area contributed by atoms with Crippen LogP contribution in [-0.2, 0) is 0 Å². The molecule has 1 aromatic carbocycles. The van der Waals surface area contributed by atoms with Gasteiger partial charge < -0.3 is 15.3 Å². The second-order valence-electron chi connectivity index (χ2n) is 5.32. The van der Waals surface area contributed by atoms with Crippen molar-refractivity contribution in [3.63, 3.8) is 0 Å². The first-order valence-corrected chi connectivity index (χ1v) is 7.89. The Hall–Kier alpha value is -1.56. The number of nitrogens with zero attached hydrogens (tertiary/aromatic N) is 1. The number of carboxylic acids is 1. The van der Waals surface area contributed by atoms with Crippen molar-refractivity contribution >= 4 is 33.6 Å². The molecule has 1 saturated heterocycles. The van der Waals surface area contributed by atoms with Gasteiger partial charge in [0.15, 0.2) is 0 Å². The lowest BCUT2D eigenvalue weighted by Gasteiger charge is -2.27. The first-order chi connectivity index (χ1) is 9.99. The van der Waals surface area contributed by atoms with Crippen molar-refractivity contribution in [3.05, 3.63) is 28.2 Å². The predicted octanol–water partition coefficient (Wildman–Crippen LogP) is 3.94. The monoisotopic (exact) mass is 354 g/mol. The second-order valence-corrected chi connectivity index (χ2v) is 6.18. The average Bonchev–Trinajstić information content (AvgIpc) is 2.65. The Morgan fingerprint density at radius 3 is 2.81 bits per heavy atom. The molecule has 2 rings (SSSR count). The molecule has 0 radical (unpaired) electrons. The van der Waals surface area contributed by atoms with Crippen molar-refractivity contribution in [2.45, 2.75) is 38.6 Å². The fourth-order valence-corrected chi connectivity index (χ4v) is 2.96. The number of urea groups is 1. The van der Waals surface area contributed by atoms with E-state index in [0.29, 0.717) is 10.2 Å². The number of hydrogen-bond acceptors (Lipinski definition) is 2. The van der Waals surface area contributed by atoms with Gasteiger partial charge in [-0.15, -0.1) is 0 Å². The molecule has 1 unspecified atom stereocenters. The number of carbonyl (C=O) groups is 2. The molecule has 1 aromatic rings. The second kappa shape index (κ2) is 6.93. The molecule has 2 N–H and O–H groups in total. The Balaban J connectivity index is 2.11. The number of carbonyl (C=O) groups excluding carboxylic acids is 1. The Bertz CT molecular complexity index is 548. The highest BCUT2D eigenvalue weighted by Crippen LogP contribution is 2.22. The number of nitrogens with one attached hydrogen (secondary N) is 1. The molecular formula is C15H19BrN2O3. The van der Waals surface area contributed by atoms with Crippen LogP contribution in [0.15, 0.2) is 22.7 Å². The van der Waals surface area contributed by atoms with Crippen LogP contribution in [0.1, 0.15) is 43.0 Å². The highest BCUT2D eigenvalue weighted by atomic mass is 79.9. The summed E-state index contributed by atoms with van der Waals surface area (Å²) in [7, 11) is 0. The van der Waals surface area contributed by atoms with E-state index >= 15 is 0 Å². The molecule has 1 aliphatic rings. The largest absolute Gasteiger partial charge is 0.478 e. The summed E-state index contributed by atoms with van der Waals surface area (Å²) in [5, 5.41) is 11.9. The zero-order valence-electron chi connectivity index (χ0n) is 11.9. The van der Waals surface area contributed by atoms with Gasteiger partial charge in [0.1, 0.15) is 0 Å². The molecule has 1 atom stereocenters. The average molecular weight is 355 g/mol. The van der Waals surface area contributed by atoms with Gasteiger partial charge in [-0.25, -0.2) is 9.59 Å². The fourth-order valence-electron chi connectivity index (χ4n) is 2.54. The SMILES string of the molecule is CC1CCCCCN1C(=O)Nc1ccc(Br)c(C(=O)O)c1. The van der Waals surface area contributed by atoms with Gasteiger partial charge in [-0.1, -0.05) is 12.8 Å². The third-order valence-corrected chi connectivity index (χ3v) is 4.45. The van der Waals surface area contributed by atoms with Gasteiger partial charge in [0, 0.05) is 22.7 Å². The topological polar surface area (TPSA) is 69.6 Å². The Kier molecular flexibility index (Phi) is 5.22. The number of hydrogen-bond donors (Lipinski definition) is 2. The van der Waals surface area contributed by atoms with E-state index in [1.165, 1.54) is 6.07 Å². The molecule has 1 aliphatic heterocycles. The molecule has 2 amide bonds. The van der Waals surface area contributed by atoms with Crippen molar-refractivity contribution < 1.29 is 14.7 Å². The minimum Gasteiger partial charge on any atom is -0.478 e. The Labute approximate surface area is 132 Å². The van der Waals surface area contributed by atoms with Crippen LogP contribution < -0.4 is 5.32 Å². The van der Waals surface area contributed by atoms with E-state index < -0.39 is 5.97 Å². The number of rotatable bonds is 2. The van der Waals surface area contributed by atoms with E-state index in [9.17, 15) is 9.59 Å². The van der Waals surface area contributed by atoms with Crippen LogP contribution in [0, 0.1) is 0 Å². The summed E-state index contributed by atoms with van der Waals surface area (Å²) in [5.74, 6) is -1.03. The fraction of sp³-hybridized carbons (Fsp3) is 0.467. The Morgan fingerprint density at radius 1 is 1.33 bits per heavy atom. The molecular weight excluding hydrogens is 336 g/mol. The summed E-state index contributed by atoms with van der Waals surface area (Å²) in [6.07, 6.45) is 4.31. The molecule has 0 aliphatic carbocycles.